The van der Waals surface area contributed by atoms with E-state index in [1.807, 2.05) is 4.90 Å². The van der Waals surface area contributed by atoms with E-state index in [0.29, 0.717) is 35.7 Å². The van der Waals surface area contributed by atoms with E-state index in [4.69, 9.17) is 4.42 Å². The molecule has 2 N–H and O–H groups in total. The number of thiazole rings is 1. The third-order valence-corrected chi connectivity index (χ3v) is 5.83. The lowest BCUT2D eigenvalue weighted by molar-refractivity contribution is -0.206. The number of fused-ring (bicyclic) bond motifs is 3. The molecule has 3 aliphatic rings. The number of rotatable bonds is 3. The van der Waals surface area contributed by atoms with Crippen LogP contribution in [-0.4, -0.2) is 46.4 Å². The van der Waals surface area contributed by atoms with Gasteiger partial charge in [0.1, 0.15) is 10.5 Å². The van der Waals surface area contributed by atoms with Crippen molar-refractivity contribution in [3.05, 3.63) is 29.3 Å². The average molecular weight is 396 g/mol. The van der Waals surface area contributed by atoms with Gasteiger partial charge in [0, 0.05) is 42.3 Å². The van der Waals surface area contributed by atoms with Gasteiger partial charge in [-0.2, -0.15) is 18.2 Å². The predicted molar refractivity (Wildman–Crippen MR) is 93.7 cm³/mol. The molecule has 1 aromatic carbocycles. The lowest BCUT2D eigenvalue weighted by Crippen LogP contribution is -2.67. The first kappa shape index (κ1) is 17.0. The number of oxazole rings is 1. The van der Waals surface area contributed by atoms with E-state index in [9.17, 15) is 18.3 Å². The van der Waals surface area contributed by atoms with Gasteiger partial charge < -0.3 is 19.7 Å². The van der Waals surface area contributed by atoms with Crippen LogP contribution < -0.4 is 10.2 Å². The van der Waals surface area contributed by atoms with Crippen molar-refractivity contribution in [1.29, 1.82) is 0 Å². The fraction of sp³-hybridized carbons (Fsp3) is 0.412. The number of hydrogen-bond acceptors (Lipinski definition) is 7. The summed E-state index contributed by atoms with van der Waals surface area (Å²) in [6.45, 7) is 1.38. The topological polar surface area (TPSA) is 74.4 Å². The molecule has 142 valence electrons. The number of alkyl halides is 3. The molecule has 0 spiro atoms. The zero-order valence-corrected chi connectivity index (χ0v) is 14.7. The zero-order valence-electron chi connectivity index (χ0n) is 13.9. The second kappa shape index (κ2) is 5.91. The Bertz CT molecular complexity index is 972. The van der Waals surface area contributed by atoms with Crippen LogP contribution in [0.1, 0.15) is 18.1 Å². The van der Waals surface area contributed by atoms with Crippen LogP contribution in [-0.2, 0) is 0 Å². The number of piperidine rings is 1. The Kier molecular flexibility index (Phi) is 3.72. The van der Waals surface area contributed by atoms with Gasteiger partial charge in [-0.05, 0) is 12.5 Å². The molecule has 3 aromatic rings. The van der Waals surface area contributed by atoms with Crippen molar-refractivity contribution < 1.29 is 22.7 Å². The maximum absolute atomic E-state index is 13.1. The van der Waals surface area contributed by atoms with Crippen molar-refractivity contribution in [2.24, 2.45) is 0 Å². The Morgan fingerprint density at radius 3 is 2.67 bits per heavy atom. The van der Waals surface area contributed by atoms with Gasteiger partial charge in [0.15, 0.2) is 11.7 Å². The Morgan fingerprint density at radius 1 is 1.30 bits per heavy atom. The average Bonchev–Trinajstić information content (AvgIpc) is 3.29. The molecule has 5 heterocycles. The summed E-state index contributed by atoms with van der Waals surface area (Å²) < 4.78 is 45.3. The molecule has 0 saturated carbocycles. The summed E-state index contributed by atoms with van der Waals surface area (Å²) in [5, 5.41) is 15.6. The fourth-order valence-corrected chi connectivity index (χ4v) is 4.40. The lowest BCUT2D eigenvalue weighted by Gasteiger charge is -2.47. The molecule has 0 radical (unpaired) electrons. The van der Waals surface area contributed by atoms with E-state index < -0.39 is 12.3 Å². The molecule has 0 aliphatic carbocycles. The molecule has 3 atom stereocenters. The number of nitrogens with one attached hydrogen (secondary N) is 1. The summed E-state index contributed by atoms with van der Waals surface area (Å²) in [6, 6.07) is 3.71. The first-order chi connectivity index (χ1) is 12.9. The summed E-state index contributed by atoms with van der Waals surface area (Å²) >= 11 is 1.36. The first-order valence-corrected chi connectivity index (χ1v) is 9.37. The molecule has 6 rings (SSSR count). The molecule has 2 aromatic heterocycles. The van der Waals surface area contributed by atoms with Gasteiger partial charge >= 0.3 is 6.18 Å². The van der Waals surface area contributed by atoms with Crippen LogP contribution in [0.15, 0.2) is 28.1 Å². The number of halogens is 3. The van der Waals surface area contributed by atoms with Crippen LogP contribution in [0.5, 0.6) is 0 Å². The highest BCUT2D eigenvalue weighted by molar-refractivity contribution is 7.13. The molecule has 27 heavy (non-hydrogen) atoms. The van der Waals surface area contributed by atoms with Crippen molar-refractivity contribution in [3.8, 4) is 10.6 Å². The van der Waals surface area contributed by atoms with E-state index in [-0.39, 0.29) is 22.7 Å². The number of anilines is 1. The number of benzene rings is 1. The SMILES string of the molecule is O[C@H](c1ccc(-c2nccs2)c2oc(N3CC4CC(C3)N4)nc12)C(F)(F)F. The van der Waals surface area contributed by atoms with E-state index >= 15 is 0 Å². The molecule has 2 bridgehead atoms. The molecular weight excluding hydrogens is 381 g/mol. The van der Waals surface area contributed by atoms with Crippen molar-refractivity contribution in [2.45, 2.75) is 30.8 Å². The van der Waals surface area contributed by atoms with Gasteiger partial charge in [-0.3, -0.25) is 0 Å². The monoisotopic (exact) mass is 396 g/mol. The van der Waals surface area contributed by atoms with E-state index in [1.54, 1.807) is 11.6 Å². The minimum atomic E-state index is -4.79. The third-order valence-electron chi connectivity index (χ3n) is 5.02. The van der Waals surface area contributed by atoms with Crippen LogP contribution in [0.2, 0.25) is 0 Å². The quantitative estimate of drug-likeness (QED) is 0.709. The minimum Gasteiger partial charge on any atom is -0.423 e. The summed E-state index contributed by atoms with van der Waals surface area (Å²) in [6.07, 6.45) is -4.71. The van der Waals surface area contributed by atoms with Gasteiger partial charge in [0.05, 0.1) is 5.56 Å². The Balaban J connectivity index is 1.65. The number of aliphatic hydroxyl groups is 1. The molecule has 2 unspecified atom stereocenters. The second-order valence-electron chi connectivity index (χ2n) is 6.86. The van der Waals surface area contributed by atoms with Crippen molar-refractivity contribution in [3.63, 3.8) is 0 Å². The maximum atomic E-state index is 13.1. The zero-order chi connectivity index (χ0) is 18.8. The smallest absolute Gasteiger partial charge is 0.418 e. The molecule has 0 amide bonds. The van der Waals surface area contributed by atoms with Gasteiger partial charge in [0.2, 0.25) is 0 Å². The van der Waals surface area contributed by atoms with Crippen LogP contribution >= 0.6 is 11.3 Å². The Labute approximate surface area is 155 Å². The summed E-state index contributed by atoms with van der Waals surface area (Å²) in [4.78, 5) is 10.5. The highest BCUT2D eigenvalue weighted by Crippen LogP contribution is 2.41. The van der Waals surface area contributed by atoms with Crippen LogP contribution in [0.25, 0.3) is 21.7 Å². The highest BCUT2D eigenvalue weighted by Gasteiger charge is 2.42. The number of nitrogens with zero attached hydrogens (tertiary/aromatic N) is 3. The Hall–Kier alpha value is -2.17. The van der Waals surface area contributed by atoms with Gasteiger partial charge in [0.25, 0.3) is 6.01 Å². The van der Waals surface area contributed by atoms with Gasteiger partial charge in [-0.1, -0.05) is 6.07 Å². The largest absolute Gasteiger partial charge is 0.423 e. The fourth-order valence-electron chi connectivity index (χ4n) is 3.74. The molecule has 3 saturated heterocycles. The highest BCUT2D eigenvalue weighted by atomic mass is 32.1. The number of aromatic nitrogens is 2. The van der Waals surface area contributed by atoms with E-state index in [0.717, 1.165) is 6.42 Å². The third kappa shape index (κ3) is 2.79. The summed E-state index contributed by atoms with van der Waals surface area (Å²) in [7, 11) is 0. The van der Waals surface area contributed by atoms with Crippen LogP contribution in [0.4, 0.5) is 19.2 Å². The van der Waals surface area contributed by atoms with E-state index in [1.165, 1.54) is 23.5 Å². The van der Waals surface area contributed by atoms with Crippen molar-refractivity contribution in [2.75, 3.05) is 18.0 Å². The summed E-state index contributed by atoms with van der Waals surface area (Å²) in [5.41, 5.74) is 0.493. The molecule has 3 fully saturated rings. The maximum Gasteiger partial charge on any atom is 0.418 e. The molecular formula is C17H15F3N4O2S. The molecule has 10 heteroatoms. The number of aliphatic hydroxyl groups excluding tert-OH is 1. The van der Waals surface area contributed by atoms with Crippen LogP contribution in [0, 0.1) is 0 Å². The molecule has 3 aliphatic heterocycles. The number of hydrogen-bond donors (Lipinski definition) is 2. The number of piperazine rings is 1. The lowest BCUT2D eigenvalue weighted by atomic mass is 9.92. The van der Waals surface area contributed by atoms with Crippen molar-refractivity contribution >= 4 is 28.5 Å². The van der Waals surface area contributed by atoms with Gasteiger partial charge in [-0.25, -0.2) is 4.98 Å². The van der Waals surface area contributed by atoms with Crippen molar-refractivity contribution in [1.82, 2.24) is 15.3 Å². The first-order valence-electron chi connectivity index (χ1n) is 8.49. The van der Waals surface area contributed by atoms with E-state index in [2.05, 4.69) is 15.3 Å². The second-order valence-corrected chi connectivity index (χ2v) is 7.75. The summed E-state index contributed by atoms with van der Waals surface area (Å²) in [5.74, 6) is 0. The minimum absolute atomic E-state index is 0.0229. The Morgan fingerprint density at radius 2 is 2.04 bits per heavy atom. The van der Waals surface area contributed by atoms with Gasteiger partial charge in [-0.15, -0.1) is 11.3 Å². The standard InChI is InChI=1S/C17H15F3N4O2S/c18-17(19,20)14(25)10-1-2-11(15-21-3-4-27-15)13-12(10)23-16(26-13)24-6-8-5-9(7-24)22-8/h1-4,8-9,14,22,25H,5-7H2/t8?,9?,14-/m1/s1. The molecule has 6 nitrogen and oxygen atoms in total. The predicted octanol–water partition coefficient (Wildman–Crippen LogP) is 3.10. The normalized spacial score (nSPS) is 23.5. The van der Waals surface area contributed by atoms with Crippen LogP contribution in [0.3, 0.4) is 0 Å².